The van der Waals surface area contributed by atoms with Gasteiger partial charge in [-0.3, -0.25) is 4.79 Å². The van der Waals surface area contributed by atoms with Gasteiger partial charge in [0.05, 0.1) is 13.0 Å². The van der Waals surface area contributed by atoms with Crippen molar-refractivity contribution in [3.8, 4) is 5.75 Å². The molecule has 0 amide bonds. The summed E-state index contributed by atoms with van der Waals surface area (Å²) in [6.07, 6.45) is 1.44. The number of rotatable bonds is 7. The standard InChI is InChI=1S/C15H23NO3/c1-11(15(17)18)9-13-10-12(7-8-16(2)3)5-6-14(13)19-4/h5-6,10-11H,7-9H2,1-4H3,(H,17,18). The van der Waals surface area contributed by atoms with E-state index in [4.69, 9.17) is 9.84 Å². The van der Waals surface area contributed by atoms with E-state index < -0.39 is 11.9 Å². The molecule has 0 bridgehead atoms. The number of ether oxygens (including phenoxy) is 1. The van der Waals surface area contributed by atoms with Crippen molar-refractivity contribution in [2.75, 3.05) is 27.7 Å². The first kappa shape index (κ1) is 15.5. The molecule has 1 rings (SSSR count). The van der Waals surface area contributed by atoms with E-state index in [1.165, 1.54) is 5.56 Å². The Morgan fingerprint density at radius 3 is 2.63 bits per heavy atom. The summed E-state index contributed by atoms with van der Waals surface area (Å²) < 4.78 is 5.30. The summed E-state index contributed by atoms with van der Waals surface area (Å²) in [4.78, 5) is 13.1. The van der Waals surface area contributed by atoms with Crippen molar-refractivity contribution < 1.29 is 14.6 Å². The number of hydrogen-bond acceptors (Lipinski definition) is 3. The topological polar surface area (TPSA) is 49.8 Å². The SMILES string of the molecule is COc1ccc(CCN(C)C)cc1CC(C)C(=O)O. The van der Waals surface area contributed by atoms with Crippen LogP contribution in [0.3, 0.4) is 0 Å². The third-order valence-corrected chi connectivity index (χ3v) is 3.14. The van der Waals surface area contributed by atoms with Crippen LogP contribution in [0.1, 0.15) is 18.1 Å². The number of aliphatic carboxylic acids is 1. The largest absolute Gasteiger partial charge is 0.496 e. The summed E-state index contributed by atoms with van der Waals surface area (Å²) in [7, 11) is 5.69. The summed E-state index contributed by atoms with van der Waals surface area (Å²) in [5, 5.41) is 9.00. The molecule has 19 heavy (non-hydrogen) atoms. The Labute approximate surface area is 115 Å². The van der Waals surface area contributed by atoms with Gasteiger partial charge in [0.2, 0.25) is 0 Å². The van der Waals surface area contributed by atoms with Crippen molar-refractivity contribution in [1.29, 1.82) is 0 Å². The zero-order chi connectivity index (χ0) is 14.4. The first-order chi connectivity index (χ1) is 8.93. The third kappa shape index (κ3) is 4.91. The van der Waals surface area contributed by atoms with Gasteiger partial charge in [0, 0.05) is 6.54 Å². The fourth-order valence-corrected chi connectivity index (χ4v) is 1.92. The van der Waals surface area contributed by atoms with Crippen LogP contribution in [0.15, 0.2) is 18.2 Å². The van der Waals surface area contributed by atoms with Crippen molar-refractivity contribution >= 4 is 5.97 Å². The molecule has 4 heteroatoms. The van der Waals surface area contributed by atoms with Crippen LogP contribution >= 0.6 is 0 Å². The molecule has 0 spiro atoms. The van der Waals surface area contributed by atoms with E-state index >= 15 is 0 Å². The van der Waals surface area contributed by atoms with Gasteiger partial charge >= 0.3 is 5.97 Å². The minimum atomic E-state index is -0.777. The molecular formula is C15H23NO3. The van der Waals surface area contributed by atoms with Gasteiger partial charge in [0.15, 0.2) is 0 Å². The number of benzene rings is 1. The summed E-state index contributed by atoms with van der Waals surface area (Å²) in [6, 6.07) is 6.02. The summed E-state index contributed by atoms with van der Waals surface area (Å²) in [5.41, 5.74) is 2.18. The van der Waals surface area contributed by atoms with Crippen LogP contribution in [-0.2, 0) is 17.6 Å². The van der Waals surface area contributed by atoms with Gasteiger partial charge in [-0.05, 0) is 44.1 Å². The normalized spacial score (nSPS) is 12.5. The van der Waals surface area contributed by atoms with Gasteiger partial charge in [-0.15, -0.1) is 0 Å². The maximum Gasteiger partial charge on any atom is 0.306 e. The highest BCUT2D eigenvalue weighted by Gasteiger charge is 2.15. The number of hydrogen-bond donors (Lipinski definition) is 1. The quantitative estimate of drug-likeness (QED) is 0.820. The van der Waals surface area contributed by atoms with E-state index in [9.17, 15) is 4.79 Å². The minimum absolute atomic E-state index is 0.405. The monoisotopic (exact) mass is 265 g/mol. The van der Waals surface area contributed by atoms with Crippen LogP contribution in [0.25, 0.3) is 0 Å². The van der Waals surface area contributed by atoms with E-state index in [1.54, 1.807) is 14.0 Å². The van der Waals surface area contributed by atoms with Crippen LogP contribution in [0, 0.1) is 5.92 Å². The summed E-state index contributed by atoms with van der Waals surface area (Å²) >= 11 is 0. The number of carboxylic acid groups (broad SMARTS) is 1. The molecule has 1 N–H and O–H groups in total. The highest BCUT2D eigenvalue weighted by Crippen LogP contribution is 2.23. The van der Waals surface area contributed by atoms with Crippen molar-refractivity contribution in [1.82, 2.24) is 4.90 Å². The molecule has 1 aromatic rings. The van der Waals surface area contributed by atoms with Gasteiger partial charge in [-0.25, -0.2) is 0 Å². The molecule has 0 saturated carbocycles. The fraction of sp³-hybridized carbons (Fsp3) is 0.533. The molecular weight excluding hydrogens is 242 g/mol. The number of likely N-dealkylation sites (N-methyl/N-ethyl adjacent to an activating group) is 1. The van der Waals surface area contributed by atoms with Crippen molar-refractivity contribution in [2.24, 2.45) is 5.92 Å². The summed E-state index contributed by atoms with van der Waals surface area (Å²) in [6.45, 7) is 2.69. The van der Waals surface area contributed by atoms with Gasteiger partial charge < -0.3 is 14.7 Å². The number of methoxy groups -OCH3 is 1. The lowest BCUT2D eigenvalue weighted by Gasteiger charge is -2.14. The second kappa shape index (κ2) is 7.14. The van der Waals surface area contributed by atoms with Gasteiger partial charge in [-0.2, -0.15) is 0 Å². The lowest BCUT2D eigenvalue weighted by atomic mass is 9.98. The first-order valence-corrected chi connectivity index (χ1v) is 6.47. The Morgan fingerprint density at radius 2 is 2.11 bits per heavy atom. The van der Waals surface area contributed by atoms with Gasteiger partial charge in [-0.1, -0.05) is 19.1 Å². The smallest absolute Gasteiger partial charge is 0.306 e. The van der Waals surface area contributed by atoms with Gasteiger partial charge in [0.1, 0.15) is 5.75 Å². The van der Waals surface area contributed by atoms with E-state index in [1.807, 2.05) is 26.2 Å². The molecule has 106 valence electrons. The Hall–Kier alpha value is -1.55. The zero-order valence-electron chi connectivity index (χ0n) is 12.1. The lowest BCUT2D eigenvalue weighted by Crippen LogP contribution is -2.16. The van der Waals surface area contributed by atoms with Crippen LogP contribution in [-0.4, -0.2) is 43.7 Å². The van der Waals surface area contributed by atoms with E-state index in [2.05, 4.69) is 11.0 Å². The fourth-order valence-electron chi connectivity index (χ4n) is 1.92. The molecule has 4 nitrogen and oxygen atoms in total. The Morgan fingerprint density at radius 1 is 1.42 bits per heavy atom. The Bertz CT molecular complexity index is 429. The average molecular weight is 265 g/mol. The van der Waals surface area contributed by atoms with E-state index in [0.717, 1.165) is 24.3 Å². The van der Waals surface area contributed by atoms with Crippen LogP contribution < -0.4 is 4.74 Å². The molecule has 1 aromatic carbocycles. The zero-order valence-corrected chi connectivity index (χ0v) is 12.1. The highest BCUT2D eigenvalue weighted by molar-refractivity contribution is 5.70. The maximum absolute atomic E-state index is 11.0. The van der Waals surface area contributed by atoms with Crippen LogP contribution in [0.4, 0.5) is 0 Å². The second-order valence-corrected chi connectivity index (χ2v) is 5.14. The number of carboxylic acids is 1. The molecule has 0 aliphatic heterocycles. The first-order valence-electron chi connectivity index (χ1n) is 6.47. The second-order valence-electron chi connectivity index (χ2n) is 5.14. The van der Waals surface area contributed by atoms with Crippen LogP contribution in [0.5, 0.6) is 5.75 Å². The molecule has 0 fully saturated rings. The van der Waals surface area contributed by atoms with E-state index in [0.29, 0.717) is 6.42 Å². The molecule has 1 atom stereocenters. The Balaban J connectivity index is 2.86. The lowest BCUT2D eigenvalue weighted by molar-refractivity contribution is -0.141. The van der Waals surface area contributed by atoms with Crippen LogP contribution in [0.2, 0.25) is 0 Å². The molecule has 0 heterocycles. The van der Waals surface area contributed by atoms with Gasteiger partial charge in [0.25, 0.3) is 0 Å². The summed E-state index contributed by atoms with van der Waals surface area (Å²) in [5.74, 6) is -0.416. The molecule has 1 unspecified atom stereocenters. The molecule has 0 aliphatic rings. The maximum atomic E-state index is 11.0. The molecule has 0 saturated heterocycles. The number of carbonyl (C=O) groups is 1. The molecule has 0 aliphatic carbocycles. The van der Waals surface area contributed by atoms with Crippen molar-refractivity contribution in [2.45, 2.75) is 19.8 Å². The Kier molecular flexibility index (Phi) is 5.83. The van der Waals surface area contributed by atoms with Crippen molar-refractivity contribution in [3.63, 3.8) is 0 Å². The minimum Gasteiger partial charge on any atom is -0.496 e. The molecule has 0 aromatic heterocycles. The van der Waals surface area contributed by atoms with E-state index in [-0.39, 0.29) is 0 Å². The predicted octanol–water partition coefficient (Wildman–Crippen LogP) is 2.06. The van der Waals surface area contributed by atoms with Crippen molar-refractivity contribution in [3.05, 3.63) is 29.3 Å². The third-order valence-electron chi connectivity index (χ3n) is 3.14. The number of nitrogens with zero attached hydrogens (tertiary/aromatic N) is 1. The highest BCUT2D eigenvalue weighted by atomic mass is 16.5. The molecule has 0 radical (unpaired) electrons. The predicted molar refractivity (Wildman–Crippen MR) is 75.8 cm³/mol. The average Bonchev–Trinajstić information content (AvgIpc) is 2.36.